The maximum atomic E-state index is 5.07. The highest BCUT2D eigenvalue weighted by atomic mass is 15.2. The smallest absolute Gasteiger partial charge is 0.168 e. The molecule has 0 amide bonds. The molecule has 0 radical (unpaired) electrons. The van der Waals surface area contributed by atoms with Crippen molar-refractivity contribution in [2.75, 3.05) is 0 Å². The van der Waals surface area contributed by atoms with Crippen LogP contribution in [0.5, 0.6) is 0 Å². The van der Waals surface area contributed by atoms with Gasteiger partial charge in [-0.1, -0.05) is 140 Å². The third kappa shape index (κ3) is 3.93. The highest BCUT2D eigenvalue weighted by Gasteiger charge is 2.21. The summed E-state index contributed by atoms with van der Waals surface area (Å²) in [6.07, 6.45) is 0. The monoisotopic (exact) mass is 597 g/mol. The Morgan fingerprint density at radius 3 is 1.81 bits per heavy atom. The van der Waals surface area contributed by atoms with Crippen LogP contribution >= 0.6 is 0 Å². The van der Waals surface area contributed by atoms with E-state index in [9.17, 15) is 0 Å². The fourth-order valence-corrected chi connectivity index (χ4v) is 7.46. The van der Waals surface area contributed by atoms with Crippen molar-refractivity contribution in [3.8, 4) is 28.2 Å². The molecule has 3 heteroatoms. The van der Waals surface area contributed by atoms with Gasteiger partial charge < -0.3 is 0 Å². The molecule has 218 valence electrons. The van der Waals surface area contributed by atoms with Gasteiger partial charge in [-0.05, 0) is 67.7 Å². The maximum Gasteiger partial charge on any atom is 0.168 e. The lowest BCUT2D eigenvalue weighted by Gasteiger charge is -2.14. The molecule has 10 aromatic rings. The molecule has 10 rings (SSSR count). The Morgan fingerprint density at radius 2 is 0.979 bits per heavy atom. The van der Waals surface area contributed by atoms with Gasteiger partial charge in [0.1, 0.15) is 5.69 Å². The third-order valence-corrected chi connectivity index (χ3v) is 9.64. The van der Waals surface area contributed by atoms with Gasteiger partial charge in [0.15, 0.2) is 5.82 Å². The van der Waals surface area contributed by atoms with E-state index in [4.69, 9.17) is 10.2 Å². The van der Waals surface area contributed by atoms with E-state index in [0.717, 1.165) is 38.9 Å². The molecule has 0 aliphatic rings. The summed E-state index contributed by atoms with van der Waals surface area (Å²) >= 11 is 0. The molecule has 0 aliphatic heterocycles. The standard InChI is InChI=1S/C44H27N3/c1-2-13-30-25-33(24-23-28(30)11-1)35-20-10-22-40-42(35)39-26-31-14-3-4-15-32(31)27-41(39)47(40)44-38-19-8-7-18-37(38)43(45-46-44)36-21-9-16-29-12-5-6-17-34(29)36/h1-27H. The fraction of sp³-hybridized carbons (Fsp3) is 0. The number of aromatic nitrogens is 3. The minimum Gasteiger partial charge on any atom is -0.292 e. The van der Waals surface area contributed by atoms with Crippen molar-refractivity contribution < 1.29 is 0 Å². The average Bonchev–Trinajstić information content (AvgIpc) is 3.46. The van der Waals surface area contributed by atoms with Crippen LogP contribution in [0.2, 0.25) is 0 Å². The number of benzene rings is 8. The first-order valence-corrected chi connectivity index (χ1v) is 16.0. The predicted molar refractivity (Wildman–Crippen MR) is 197 cm³/mol. The average molecular weight is 598 g/mol. The molecule has 0 spiro atoms. The number of fused-ring (bicyclic) bond motifs is 7. The van der Waals surface area contributed by atoms with E-state index in [-0.39, 0.29) is 0 Å². The summed E-state index contributed by atoms with van der Waals surface area (Å²) in [6.45, 7) is 0. The van der Waals surface area contributed by atoms with Crippen LogP contribution < -0.4 is 0 Å². The largest absolute Gasteiger partial charge is 0.292 e. The van der Waals surface area contributed by atoms with Crippen LogP contribution in [0.15, 0.2) is 164 Å². The number of nitrogens with zero attached hydrogens (tertiary/aromatic N) is 3. The summed E-state index contributed by atoms with van der Waals surface area (Å²) in [6, 6.07) is 58.7. The van der Waals surface area contributed by atoms with Crippen LogP contribution in [-0.2, 0) is 0 Å². The SMILES string of the molecule is c1ccc2cc(-c3cccc4c3c3cc5ccccc5cc3n4-c3nnc(-c4cccc5ccccc45)c4ccccc34)ccc2c1. The Balaban J connectivity index is 1.31. The topological polar surface area (TPSA) is 30.7 Å². The molecule has 0 N–H and O–H groups in total. The molecule has 0 aliphatic carbocycles. The van der Waals surface area contributed by atoms with Crippen LogP contribution in [0.25, 0.3) is 93.1 Å². The quantitative estimate of drug-likeness (QED) is 0.203. The Kier molecular flexibility index (Phi) is 5.57. The van der Waals surface area contributed by atoms with Gasteiger partial charge in [-0.25, -0.2) is 0 Å². The minimum absolute atomic E-state index is 0.829. The molecule has 2 heterocycles. The lowest BCUT2D eigenvalue weighted by atomic mass is 9.96. The first-order valence-electron chi connectivity index (χ1n) is 16.0. The molecule has 0 unspecified atom stereocenters. The molecule has 2 aromatic heterocycles. The molecule has 0 bridgehead atoms. The summed E-state index contributed by atoms with van der Waals surface area (Å²) < 4.78 is 2.32. The van der Waals surface area contributed by atoms with Gasteiger partial charge in [0.05, 0.1) is 11.0 Å². The minimum atomic E-state index is 0.829. The lowest BCUT2D eigenvalue weighted by Crippen LogP contribution is -2.02. The van der Waals surface area contributed by atoms with E-state index in [0.29, 0.717) is 0 Å². The van der Waals surface area contributed by atoms with Crippen molar-refractivity contribution in [2.45, 2.75) is 0 Å². The van der Waals surface area contributed by atoms with Gasteiger partial charge in [-0.3, -0.25) is 4.57 Å². The van der Waals surface area contributed by atoms with Gasteiger partial charge in [-0.15, -0.1) is 10.2 Å². The summed E-state index contributed by atoms with van der Waals surface area (Å²) in [7, 11) is 0. The summed E-state index contributed by atoms with van der Waals surface area (Å²) in [5, 5.41) is 21.9. The number of rotatable bonds is 3. The van der Waals surface area contributed by atoms with Crippen molar-refractivity contribution in [1.82, 2.24) is 14.8 Å². The Hall–Kier alpha value is -6.32. The van der Waals surface area contributed by atoms with Crippen molar-refractivity contribution in [3.05, 3.63) is 164 Å². The number of hydrogen-bond donors (Lipinski definition) is 0. The molecule has 3 nitrogen and oxygen atoms in total. The summed E-state index contributed by atoms with van der Waals surface area (Å²) in [4.78, 5) is 0. The van der Waals surface area contributed by atoms with Crippen LogP contribution in [0.4, 0.5) is 0 Å². The van der Waals surface area contributed by atoms with E-state index in [1.807, 2.05) is 0 Å². The van der Waals surface area contributed by atoms with E-state index in [1.165, 1.54) is 54.2 Å². The highest BCUT2D eigenvalue weighted by molar-refractivity contribution is 6.19. The molecular formula is C44H27N3. The molecule has 47 heavy (non-hydrogen) atoms. The Bertz CT molecular complexity index is 2860. The van der Waals surface area contributed by atoms with Gasteiger partial charge >= 0.3 is 0 Å². The Morgan fingerprint density at radius 1 is 0.362 bits per heavy atom. The van der Waals surface area contributed by atoms with Gasteiger partial charge in [0.25, 0.3) is 0 Å². The molecule has 0 saturated carbocycles. The van der Waals surface area contributed by atoms with Gasteiger partial charge in [0.2, 0.25) is 0 Å². The van der Waals surface area contributed by atoms with Gasteiger partial charge in [-0.2, -0.15) is 0 Å². The van der Waals surface area contributed by atoms with E-state index >= 15 is 0 Å². The van der Waals surface area contributed by atoms with Crippen LogP contribution in [0.3, 0.4) is 0 Å². The van der Waals surface area contributed by atoms with E-state index in [1.54, 1.807) is 0 Å². The van der Waals surface area contributed by atoms with Gasteiger partial charge in [0, 0.05) is 27.1 Å². The lowest BCUT2D eigenvalue weighted by molar-refractivity contribution is 0.978. The molecule has 8 aromatic carbocycles. The second kappa shape index (κ2) is 10.1. The van der Waals surface area contributed by atoms with E-state index in [2.05, 4.69) is 168 Å². The van der Waals surface area contributed by atoms with Crippen molar-refractivity contribution in [3.63, 3.8) is 0 Å². The highest BCUT2D eigenvalue weighted by Crippen LogP contribution is 2.42. The first kappa shape index (κ1) is 26.0. The molecule has 0 atom stereocenters. The van der Waals surface area contributed by atoms with Crippen molar-refractivity contribution >= 4 is 64.9 Å². The zero-order chi connectivity index (χ0) is 30.9. The third-order valence-electron chi connectivity index (χ3n) is 9.64. The predicted octanol–water partition coefficient (Wildman–Crippen LogP) is 11.5. The first-order chi connectivity index (χ1) is 23.3. The summed E-state index contributed by atoms with van der Waals surface area (Å²) in [5.74, 6) is 0.829. The Labute approximate surface area is 271 Å². The van der Waals surface area contributed by atoms with Crippen LogP contribution in [-0.4, -0.2) is 14.8 Å². The fourth-order valence-electron chi connectivity index (χ4n) is 7.46. The zero-order valence-corrected chi connectivity index (χ0v) is 25.4. The second-order valence-electron chi connectivity index (χ2n) is 12.3. The molecule has 0 saturated heterocycles. The van der Waals surface area contributed by atoms with E-state index < -0.39 is 0 Å². The van der Waals surface area contributed by atoms with Crippen LogP contribution in [0, 0.1) is 0 Å². The zero-order valence-electron chi connectivity index (χ0n) is 25.4. The van der Waals surface area contributed by atoms with Crippen molar-refractivity contribution in [2.24, 2.45) is 0 Å². The summed E-state index contributed by atoms with van der Waals surface area (Å²) in [5.41, 5.74) is 6.61. The second-order valence-corrected chi connectivity index (χ2v) is 12.3. The molecule has 0 fully saturated rings. The number of hydrogen-bond acceptors (Lipinski definition) is 2. The molecular weight excluding hydrogens is 571 g/mol. The van der Waals surface area contributed by atoms with Crippen molar-refractivity contribution in [1.29, 1.82) is 0 Å². The van der Waals surface area contributed by atoms with Crippen LogP contribution in [0.1, 0.15) is 0 Å². The maximum absolute atomic E-state index is 5.07. The normalized spacial score (nSPS) is 11.8.